The molecule has 8 nitrogen and oxygen atoms in total. The van der Waals surface area contributed by atoms with Crippen molar-refractivity contribution in [2.24, 2.45) is 5.92 Å². The predicted molar refractivity (Wildman–Crippen MR) is 125 cm³/mol. The fraction of sp³-hybridized carbons (Fsp3) is 0.400. The van der Waals surface area contributed by atoms with Crippen molar-refractivity contribution >= 4 is 16.9 Å². The molecule has 2 aromatic heterocycles. The summed E-state index contributed by atoms with van der Waals surface area (Å²) in [5.74, 6) is 1.48. The minimum absolute atomic E-state index is 0.0527. The van der Waals surface area contributed by atoms with E-state index in [1.807, 2.05) is 24.3 Å². The average molecular weight is 445 g/mol. The van der Waals surface area contributed by atoms with E-state index in [1.165, 1.54) is 0 Å². The summed E-state index contributed by atoms with van der Waals surface area (Å²) in [5, 5.41) is 13.5. The minimum Gasteiger partial charge on any atom is -0.456 e. The zero-order chi connectivity index (χ0) is 22.8. The van der Waals surface area contributed by atoms with Gasteiger partial charge in [0.25, 0.3) is 0 Å². The Bertz CT molecular complexity index is 1170. The van der Waals surface area contributed by atoms with Crippen molar-refractivity contribution in [2.75, 3.05) is 33.4 Å². The molecule has 2 aliphatic heterocycles. The number of carbonyl (C=O) groups excluding carboxylic acids is 1. The number of ether oxygens (including phenoxy) is 1. The Kier molecular flexibility index (Phi) is 5.99. The summed E-state index contributed by atoms with van der Waals surface area (Å²) in [6.45, 7) is 3.45. The Morgan fingerprint density at radius 3 is 2.76 bits per heavy atom. The van der Waals surface area contributed by atoms with Crippen molar-refractivity contribution < 1.29 is 9.53 Å². The molecule has 5 rings (SSSR count). The van der Waals surface area contributed by atoms with E-state index < -0.39 is 0 Å². The maximum atomic E-state index is 13.2. The number of pyridine rings is 1. The molecule has 1 atom stereocenters. The monoisotopic (exact) mass is 444 g/mol. The molecule has 1 aromatic carbocycles. The number of carbonyl (C=O) groups is 1. The molecule has 1 amide bonds. The number of hydrogen-bond acceptors (Lipinski definition) is 6. The van der Waals surface area contributed by atoms with Gasteiger partial charge in [0, 0.05) is 25.0 Å². The number of fused-ring (bicyclic) bond motifs is 1. The van der Waals surface area contributed by atoms with E-state index in [-0.39, 0.29) is 11.8 Å². The molecule has 33 heavy (non-hydrogen) atoms. The summed E-state index contributed by atoms with van der Waals surface area (Å²) < 4.78 is 6.06. The van der Waals surface area contributed by atoms with Crippen molar-refractivity contribution in [3.8, 4) is 17.6 Å². The van der Waals surface area contributed by atoms with Crippen LogP contribution in [0.1, 0.15) is 24.0 Å². The van der Waals surface area contributed by atoms with Crippen LogP contribution in [0.4, 0.5) is 0 Å². The first-order chi connectivity index (χ1) is 16.1. The molecule has 2 saturated heterocycles. The lowest BCUT2D eigenvalue weighted by Crippen LogP contribution is -2.57. The quantitative estimate of drug-likeness (QED) is 0.628. The topological polar surface area (TPSA) is 97.3 Å². The van der Waals surface area contributed by atoms with E-state index in [0.717, 1.165) is 31.5 Å². The highest BCUT2D eigenvalue weighted by molar-refractivity contribution is 5.88. The molecule has 0 aliphatic carbocycles. The van der Waals surface area contributed by atoms with E-state index in [1.54, 1.807) is 18.5 Å². The number of likely N-dealkylation sites (tertiary alicyclic amines) is 1. The van der Waals surface area contributed by atoms with Crippen LogP contribution in [0.15, 0.2) is 42.7 Å². The average Bonchev–Trinajstić information content (AvgIpc) is 3.27. The van der Waals surface area contributed by atoms with Gasteiger partial charge >= 0.3 is 0 Å². The van der Waals surface area contributed by atoms with Crippen LogP contribution in [-0.2, 0) is 11.2 Å². The molecule has 8 heteroatoms. The van der Waals surface area contributed by atoms with Crippen molar-refractivity contribution in [3.05, 3.63) is 53.9 Å². The smallest absolute Gasteiger partial charge is 0.228 e. The van der Waals surface area contributed by atoms with Crippen molar-refractivity contribution in [1.82, 2.24) is 25.1 Å². The van der Waals surface area contributed by atoms with E-state index in [4.69, 9.17) is 4.74 Å². The number of nitrogens with zero attached hydrogens (tertiary/aromatic N) is 4. The zero-order valence-corrected chi connectivity index (χ0v) is 18.8. The second-order valence-electron chi connectivity index (χ2n) is 8.95. The first-order valence-electron chi connectivity index (χ1n) is 11.4. The summed E-state index contributed by atoms with van der Waals surface area (Å²) in [4.78, 5) is 24.8. The van der Waals surface area contributed by atoms with Gasteiger partial charge < -0.3 is 19.5 Å². The summed E-state index contributed by atoms with van der Waals surface area (Å²) in [6.07, 6.45) is 6.07. The van der Waals surface area contributed by atoms with Gasteiger partial charge in [-0.05, 0) is 63.2 Å². The molecule has 0 radical (unpaired) electrons. The van der Waals surface area contributed by atoms with Gasteiger partial charge in [-0.25, -0.2) is 4.98 Å². The number of amides is 1. The molecular formula is C25H28N6O2. The number of nitrogens with one attached hydrogen (secondary N) is 2. The molecular weight excluding hydrogens is 416 g/mol. The summed E-state index contributed by atoms with van der Waals surface area (Å²) >= 11 is 0. The fourth-order valence-electron chi connectivity index (χ4n) is 4.84. The zero-order valence-electron chi connectivity index (χ0n) is 18.8. The number of hydrogen-bond donors (Lipinski definition) is 2. The van der Waals surface area contributed by atoms with Crippen LogP contribution in [-0.4, -0.2) is 65.1 Å². The maximum absolute atomic E-state index is 13.2. The van der Waals surface area contributed by atoms with Gasteiger partial charge in [-0.3, -0.25) is 10.1 Å². The molecule has 2 N–H and O–H groups in total. The Balaban J connectivity index is 1.25. The first-order valence-corrected chi connectivity index (χ1v) is 11.4. The van der Waals surface area contributed by atoms with Crippen molar-refractivity contribution in [1.29, 1.82) is 5.26 Å². The third kappa shape index (κ3) is 4.42. The van der Waals surface area contributed by atoms with Crippen LogP contribution in [0.2, 0.25) is 0 Å². The Morgan fingerprint density at radius 1 is 1.21 bits per heavy atom. The van der Waals surface area contributed by atoms with Crippen LogP contribution in [0.25, 0.3) is 11.0 Å². The molecule has 4 heterocycles. The second kappa shape index (κ2) is 9.22. The van der Waals surface area contributed by atoms with Crippen molar-refractivity contribution in [3.63, 3.8) is 0 Å². The highest BCUT2D eigenvalue weighted by Crippen LogP contribution is 2.31. The minimum atomic E-state index is -0.0527. The lowest BCUT2D eigenvalue weighted by atomic mass is 9.94. The largest absolute Gasteiger partial charge is 0.456 e. The number of H-pyrrole nitrogens is 1. The molecule has 170 valence electrons. The van der Waals surface area contributed by atoms with E-state index in [2.05, 4.69) is 38.2 Å². The highest BCUT2D eigenvalue weighted by atomic mass is 16.5. The number of aromatic amines is 1. The summed E-state index contributed by atoms with van der Waals surface area (Å²) in [5.41, 5.74) is 2.23. The van der Waals surface area contributed by atoms with E-state index >= 15 is 0 Å². The van der Waals surface area contributed by atoms with Crippen LogP contribution in [0, 0.1) is 17.2 Å². The van der Waals surface area contributed by atoms with Gasteiger partial charge in [0.05, 0.1) is 23.5 Å². The third-order valence-corrected chi connectivity index (χ3v) is 6.72. The van der Waals surface area contributed by atoms with Crippen LogP contribution in [0.5, 0.6) is 11.5 Å². The number of piperidine rings is 1. The molecule has 2 aliphatic rings. The summed E-state index contributed by atoms with van der Waals surface area (Å²) in [6, 6.07) is 12.1. The molecule has 2 fully saturated rings. The lowest BCUT2D eigenvalue weighted by molar-refractivity contribution is -0.142. The SMILES string of the molecule is CN1CCC(N2CNCC(Cc3ccc(Oc4ccnc5[nH]cc(C#N)c45)cc3)C2=O)CC1. The van der Waals surface area contributed by atoms with Crippen LogP contribution >= 0.6 is 0 Å². The van der Waals surface area contributed by atoms with E-state index in [0.29, 0.717) is 53.8 Å². The standard InChI is InChI=1S/C25H28N6O2/c1-30-10-7-20(8-11-30)31-16-27-14-18(25(31)32)12-17-2-4-21(5-3-17)33-22-6-9-28-24-23(22)19(13-26)15-29-24/h2-6,9,15,18,20,27H,7-8,10-12,14,16H2,1H3,(H,28,29). The highest BCUT2D eigenvalue weighted by Gasteiger charge is 2.34. The molecule has 3 aromatic rings. The van der Waals surface area contributed by atoms with Gasteiger partial charge in [-0.1, -0.05) is 12.1 Å². The van der Waals surface area contributed by atoms with Gasteiger partial charge in [0.1, 0.15) is 23.2 Å². The molecule has 0 bridgehead atoms. The Hall–Kier alpha value is -3.41. The van der Waals surface area contributed by atoms with Gasteiger partial charge in [-0.2, -0.15) is 5.26 Å². The van der Waals surface area contributed by atoms with Crippen molar-refractivity contribution in [2.45, 2.75) is 25.3 Å². The molecule has 1 unspecified atom stereocenters. The third-order valence-electron chi connectivity index (χ3n) is 6.72. The molecule has 0 saturated carbocycles. The normalized spacial score (nSPS) is 20.2. The van der Waals surface area contributed by atoms with Gasteiger partial charge in [0.15, 0.2) is 0 Å². The van der Waals surface area contributed by atoms with Crippen LogP contribution in [0.3, 0.4) is 0 Å². The Morgan fingerprint density at radius 2 is 2.00 bits per heavy atom. The Labute approximate surface area is 193 Å². The predicted octanol–water partition coefficient (Wildman–Crippen LogP) is 2.87. The second-order valence-corrected chi connectivity index (χ2v) is 8.95. The molecule has 0 spiro atoms. The summed E-state index contributed by atoms with van der Waals surface area (Å²) in [7, 11) is 2.14. The number of rotatable bonds is 5. The lowest BCUT2D eigenvalue weighted by Gasteiger charge is -2.41. The van der Waals surface area contributed by atoms with Crippen LogP contribution < -0.4 is 10.1 Å². The number of benzene rings is 1. The first kappa shape index (κ1) is 21.4. The van der Waals surface area contributed by atoms with Gasteiger partial charge in [-0.15, -0.1) is 0 Å². The maximum Gasteiger partial charge on any atom is 0.228 e. The van der Waals surface area contributed by atoms with Gasteiger partial charge in [0.2, 0.25) is 5.91 Å². The fourth-order valence-corrected chi connectivity index (χ4v) is 4.84. The van der Waals surface area contributed by atoms with E-state index in [9.17, 15) is 10.1 Å². The number of aromatic nitrogens is 2. The number of nitriles is 1.